The van der Waals surface area contributed by atoms with Crippen molar-refractivity contribution >= 4 is 17.7 Å². The minimum atomic E-state index is -0.853. The SMILES string of the molecule is CC(C1CC1)n1cc(NC(=O)N2CCC(C)(C(=O)O)C2)cn1. The van der Waals surface area contributed by atoms with E-state index in [0.717, 1.165) is 0 Å². The van der Waals surface area contributed by atoms with Crippen LogP contribution in [0.4, 0.5) is 10.5 Å². The molecule has 1 saturated heterocycles. The number of anilines is 1. The molecule has 2 aliphatic rings. The van der Waals surface area contributed by atoms with Crippen molar-refractivity contribution in [3.8, 4) is 0 Å². The molecule has 120 valence electrons. The van der Waals surface area contributed by atoms with Crippen molar-refractivity contribution in [3.05, 3.63) is 12.4 Å². The summed E-state index contributed by atoms with van der Waals surface area (Å²) >= 11 is 0. The van der Waals surface area contributed by atoms with Crippen molar-refractivity contribution in [2.75, 3.05) is 18.4 Å². The molecule has 2 N–H and O–H groups in total. The first kappa shape index (κ1) is 14.9. The Bertz CT molecular complexity index is 595. The molecule has 1 aliphatic carbocycles. The van der Waals surface area contributed by atoms with Crippen molar-refractivity contribution < 1.29 is 14.7 Å². The Kier molecular flexibility index (Phi) is 3.58. The first-order valence-corrected chi connectivity index (χ1v) is 7.72. The van der Waals surface area contributed by atoms with Crippen LogP contribution in [-0.4, -0.2) is 44.9 Å². The first-order chi connectivity index (χ1) is 10.4. The lowest BCUT2D eigenvalue weighted by atomic mass is 9.90. The second kappa shape index (κ2) is 5.30. The van der Waals surface area contributed by atoms with Crippen molar-refractivity contribution in [3.63, 3.8) is 0 Å². The molecular formula is C15H22N4O3. The molecule has 7 heteroatoms. The lowest BCUT2D eigenvalue weighted by Gasteiger charge is -2.20. The fraction of sp³-hybridized carbons (Fsp3) is 0.667. The highest BCUT2D eigenvalue weighted by atomic mass is 16.4. The summed E-state index contributed by atoms with van der Waals surface area (Å²) in [6, 6.07) is 0.0938. The number of aromatic nitrogens is 2. The molecule has 1 aromatic heterocycles. The number of hydrogen-bond acceptors (Lipinski definition) is 3. The van der Waals surface area contributed by atoms with Gasteiger partial charge in [0, 0.05) is 19.3 Å². The highest BCUT2D eigenvalue weighted by Gasteiger charge is 2.42. The summed E-state index contributed by atoms with van der Waals surface area (Å²) in [4.78, 5) is 25.0. The average molecular weight is 306 g/mol. The van der Waals surface area contributed by atoms with Crippen LogP contribution in [-0.2, 0) is 4.79 Å². The topological polar surface area (TPSA) is 87.5 Å². The van der Waals surface area contributed by atoms with E-state index in [1.807, 2.05) is 10.9 Å². The van der Waals surface area contributed by atoms with Crippen LogP contribution < -0.4 is 5.32 Å². The second-order valence-corrected chi connectivity index (χ2v) is 6.75. The molecule has 0 radical (unpaired) electrons. The first-order valence-electron chi connectivity index (χ1n) is 7.72. The number of amides is 2. The Morgan fingerprint density at radius 3 is 2.82 bits per heavy atom. The number of likely N-dealkylation sites (tertiary alicyclic amines) is 1. The lowest BCUT2D eigenvalue weighted by molar-refractivity contribution is -0.146. The largest absolute Gasteiger partial charge is 0.481 e. The Labute approximate surface area is 129 Å². The van der Waals surface area contributed by atoms with Crippen LogP contribution in [0.25, 0.3) is 0 Å². The van der Waals surface area contributed by atoms with Gasteiger partial charge in [-0.1, -0.05) is 0 Å². The maximum absolute atomic E-state index is 12.2. The predicted octanol–water partition coefficient (Wildman–Crippen LogP) is 2.18. The van der Waals surface area contributed by atoms with Crippen LogP contribution in [0, 0.1) is 11.3 Å². The van der Waals surface area contributed by atoms with E-state index in [1.165, 1.54) is 12.8 Å². The minimum Gasteiger partial charge on any atom is -0.481 e. The third kappa shape index (κ3) is 2.80. The van der Waals surface area contributed by atoms with Crippen LogP contribution in [0.5, 0.6) is 0 Å². The van der Waals surface area contributed by atoms with E-state index in [0.29, 0.717) is 30.6 Å². The van der Waals surface area contributed by atoms with Gasteiger partial charge in [-0.15, -0.1) is 0 Å². The third-order valence-corrected chi connectivity index (χ3v) is 4.85. The summed E-state index contributed by atoms with van der Waals surface area (Å²) in [5.74, 6) is -0.160. The molecule has 3 rings (SSSR count). The van der Waals surface area contributed by atoms with Crippen LogP contribution in [0.15, 0.2) is 12.4 Å². The van der Waals surface area contributed by atoms with Crippen LogP contribution in [0.3, 0.4) is 0 Å². The molecule has 2 heterocycles. The molecule has 1 saturated carbocycles. The van der Waals surface area contributed by atoms with Gasteiger partial charge in [0.25, 0.3) is 0 Å². The summed E-state index contributed by atoms with van der Waals surface area (Å²) in [6.45, 7) is 4.51. The smallest absolute Gasteiger partial charge is 0.321 e. The van der Waals surface area contributed by atoms with Crippen molar-refractivity contribution in [1.29, 1.82) is 0 Å². The van der Waals surface area contributed by atoms with Gasteiger partial charge in [-0.25, -0.2) is 4.79 Å². The molecule has 7 nitrogen and oxygen atoms in total. The molecule has 22 heavy (non-hydrogen) atoms. The molecule has 2 amide bonds. The number of carboxylic acids is 1. The normalized spacial score (nSPS) is 26.0. The maximum atomic E-state index is 12.2. The number of carbonyl (C=O) groups excluding carboxylic acids is 1. The molecule has 2 atom stereocenters. The highest BCUT2D eigenvalue weighted by Crippen LogP contribution is 2.39. The van der Waals surface area contributed by atoms with Crippen molar-refractivity contribution in [1.82, 2.24) is 14.7 Å². The third-order valence-electron chi connectivity index (χ3n) is 4.85. The Morgan fingerprint density at radius 2 is 2.23 bits per heavy atom. The monoisotopic (exact) mass is 306 g/mol. The van der Waals surface area contributed by atoms with E-state index in [1.54, 1.807) is 18.0 Å². The number of nitrogens with one attached hydrogen (secondary N) is 1. The number of rotatable bonds is 4. The van der Waals surface area contributed by atoms with Gasteiger partial charge in [-0.3, -0.25) is 9.48 Å². The zero-order valence-corrected chi connectivity index (χ0v) is 13.0. The Hall–Kier alpha value is -2.05. The molecule has 1 aromatic rings. The van der Waals surface area contributed by atoms with Gasteiger partial charge < -0.3 is 15.3 Å². The zero-order chi connectivity index (χ0) is 15.9. The van der Waals surface area contributed by atoms with Crippen molar-refractivity contribution in [2.45, 2.75) is 39.2 Å². The van der Waals surface area contributed by atoms with Gasteiger partial charge in [0.15, 0.2) is 0 Å². The van der Waals surface area contributed by atoms with E-state index in [4.69, 9.17) is 0 Å². The maximum Gasteiger partial charge on any atom is 0.321 e. The van der Waals surface area contributed by atoms with E-state index < -0.39 is 11.4 Å². The van der Waals surface area contributed by atoms with Gasteiger partial charge >= 0.3 is 12.0 Å². The fourth-order valence-corrected chi connectivity index (χ4v) is 2.93. The predicted molar refractivity (Wildman–Crippen MR) is 80.6 cm³/mol. The Morgan fingerprint density at radius 1 is 1.50 bits per heavy atom. The number of nitrogens with zero attached hydrogens (tertiary/aromatic N) is 3. The zero-order valence-electron chi connectivity index (χ0n) is 13.0. The van der Waals surface area contributed by atoms with Crippen LogP contribution in [0.2, 0.25) is 0 Å². The number of carboxylic acid groups (broad SMARTS) is 1. The standard InChI is InChI=1S/C15H22N4O3/c1-10(11-3-4-11)19-8-12(7-16-19)17-14(22)18-6-5-15(2,9-18)13(20)21/h7-8,10-11H,3-6,9H2,1-2H3,(H,17,22)(H,20,21). The lowest BCUT2D eigenvalue weighted by Crippen LogP contribution is -2.37. The van der Waals surface area contributed by atoms with E-state index in [-0.39, 0.29) is 12.6 Å². The van der Waals surface area contributed by atoms with Crippen LogP contribution >= 0.6 is 0 Å². The molecular weight excluding hydrogens is 284 g/mol. The molecule has 0 spiro atoms. The van der Waals surface area contributed by atoms with Gasteiger partial charge in [0.1, 0.15) is 0 Å². The summed E-state index contributed by atoms with van der Waals surface area (Å²) in [7, 11) is 0. The number of carbonyl (C=O) groups is 2. The second-order valence-electron chi connectivity index (χ2n) is 6.75. The summed E-state index contributed by atoms with van der Waals surface area (Å²) < 4.78 is 1.89. The van der Waals surface area contributed by atoms with Gasteiger partial charge in [-0.05, 0) is 39.0 Å². The highest BCUT2D eigenvalue weighted by molar-refractivity contribution is 5.90. The van der Waals surface area contributed by atoms with Crippen molar-refractivity contribution in [2.24, 2.45) is 11.3 Å². The van der Waals surface area contributed by atoms with E-state index in [9.17, 15) is 14.7 Å². The molecule has 2 fully saturated rings. The molecule has 0 bridgehead atoms. The average Bonchev–Trinajstić information content (AvgIpc) is 3.08. The Balaban J connectivity index is 1.59. The summed E-state index contributed by atoms with van der Waals surface area (Å²) in [5, 5.41) is 16.3. The summed E-state index contributed by atoms with van der Waals surface area (Å²) in [6.07, 6.45) is 6.44. The quantitative estimate of drug-likeness (QED) is 0.892. The van der Waals surface area contributed by atoms with Gasteiger partial charge in [0.2, 0.25) is 0 Å². The van der Waals surface area contributed by atoms with Gasteiger partial charge in [0.05, 0.1) is 23.3 Å². The van der Waals surface area contributed by atoms with Gasteiger partial charge in [-0.2, -0.15) is 5.10 Å². The van der Waals surface area contributed by atoms with Crippen LogP contribution in [0.1, 0.15) is 39.2 Å². The molecule has 0 aromatic carbocycles. The summed E-state index contributed by atoms with van der Waals surface area (Å²) in [5.41, 5.74) is -0.191. The van der Waals surface area contributed by atoms with E-state index >= 15 is 0 Å². The number of urea groups is 1. The number of aliphatic carboxylic acids is 1. The number of hydrogen-bond donors (Lipinski definition) is 2. The van der Waals surface area contributed by atoms with E-state index in [2.05, 4.69) is 17.3 Å². The minimum absolute atomic E-state index is 0.237. The molecule has 1 aliphatic heterocycles. The fourth-order valence-electron chi connectivity index (χ4n) is 2.93. The molecule has 2 unspecified atom stereocenters.